The van der Waals surface area contributed by atoms with Crippen LogP contribution in [0.15, 0.2) is 54.1 Å². The number of amides is 1. The lowest BCUT2D eigenvalue weighted by Crippen LogP contribution is -2.37. The van der Waals surface area contributed by atoms with Gasteiger partial charge in [0.1, 0.15) is 0 Å². The summed E-state index contributed by atoms with van der Waals surface area (Å²) in [5.74, 6) is 1.21. The monoisotopic (exact) mass is 422 g/mol. The van der Waals surface area contributed by atoms with Crippen LogP contribution < -0.4 is 9.47 Å². The number of ether oxygens (including phenoxy) is 2. The van der Waals surface area contributed by atoms with Gasteiger partial charge in [-0.15, -0.1) is 0 Å². The molecule has 0 spiro atoms. The lowest BCUT2D eigenvalue weighted by Gasteiger charge is -2.27. The molecule has 31 heavy (non-hydrogen) atoms. The third kappa shape index (κ3) is 6.11. The van der Waals surface area contributed by atoms with Gasteiger partial charge in [-0.25, -0.2) is 0 Å². The fourth-order valence-corrected chi connectivity index (χ4v) is 4.23. The highest BCUT2D eigenvalue weighted by Crippen LogP contribution is 2.28. The molecule has 0 aliphatic carbocycles. The largest absolute Gasteiger partial charge is 0.493 e. The maximum absolute atomic E-state index is 13.5. The van der Waals surface area contributed by atoms with Crippen LogP contribution in [0.1, 0.15) is 42.1 Å². The molecule has 0 N–H and O–H groups in total. The molecule has 1 unspecified atom stereocenters. The van der Waals surface area contributed by atoms with Crippen LogP contribution in [0.25, 0.3) is 6.08 Å². The van der Waals surface area contributed by atoms with E-state index >= 15 is 0 Å². The summed E-state index contributed by atoms with van der Waals surface area (Å²) in [7, 11) is 5.37. The standard InChI is InChI=1S/C26H34N2O3/c1-20(17-21-9-6-5-7-10-21)19-28(16-14-23-11-8-15-27(23)2)26(29)22-12-13-24(30-3)25(18-22)31-4/h5-7,9-10,12-13,17-18,23H,8,11,14-16,19H2,1-4H3/b20-17+. The van der Waals surface area contributed by atoms with Crippen LogP contribution in [-0.2, 0) is 0 Å². The van der Waals surface area contributed by atoms with Crippen LogP contribution in [0.5, 0.6) is 11.5 Å². The minimum atomic E-state index is 0.0161. The molecule has 0 bridgehead atoms. The number of rotatable bonds is 9. The molecule has 1 fully saturated rings. The summed E-state index contributed by atoms with van der Waals surface area (Å²) in [6.07, 6.45) is 5.57. The molecule has 1 atom stereocenters. The van der Waals surface area contributed by atoms with Gasteiger partial charge in [-0.05, 0) is 63.5 Å². The number of benzene rings is 2. The molecule has 1 aliphatic heterocycles. The molecule has 166 valence electrons. The molecule has 0 aromatic heterocycles. The Hall–Kier alpha value is -2.79. The molecule has 1 aliphatic rings. The molecule has 2 aromatic carbocycles. The van der Waals surface area contributed by atoms with E-state index in [1.165, 1.54) is 12.8 Å². The van der Waals surface area contributed by atoms with E-state index in [-0.39, 0.29) is 5.91 Å². The van der Waals surface area contributed by atoms with Gasteiger partial charge in [-0.3, -0.25) is 4.79 Å². The molecule has 5 heteroatoms. The van der Waals surface area contributed by atoms with Crippen molar-refractivity contribution < 1.29 is 14.3 Å². The van der Waals surface area contributed by atoms with Gasteiger partial charge in [0.2, 0.25) is 0 Å². The first-order valence-corrected chi connectivity index (χ1v) is 11.0. The molecule has 2 aromatic rings. The first-order valence-electron chi connectivity index (χ1n) is 11.0. The number of carbonyl (C=O) groups excluding carboxylic acids is 1. The fraction of sp³-hybridized carbons (Fsp3) is 0.423. The maximum atomic E-state index is 13.5. The topological polar surface area (TPSA) is 42.0 Å². The Balaban J connectivity index is 1.80. The third-order valence-electron chi connectivity index (χ3n) is 5.97. The van der Waals surface area contributed by atoms with Crippen molar-refractivity contribution in [3.05, 3.63) is 65.2 Å². The number of likely N-dealkylation sites (tertiary alicyclic amines) is 1. The van der Waals surface area contributed by atoms with Gasteiger partial charge >= 0.3 is 0 Å². The summed E-state index contributed by atoms with van der Waals surface area (Å²) >= 11 is 0. The summed E-state index contributed by atoms with van der Waals surface area (Å²) in [5, 5.41) is 0. The Bertz CT molecular complexity index is 895. The normalized spacial score (nSPS) is 16.9. The lowest BCUT2D eigenvalue weighted by molar-refractivity contribution is 0.0757. The summed E-state index contributed by atoms with van der Waals surface area (Å²) in [6.45, 7) is 4.55. The predicted molar refractivity (Wildman–Crippen MR) is 126 cm³/mol. The van der Waals surface area contributed by atoms with E-state index in [4.69, 9.17) is 9.47 Å². The zero-order valence-electron chi connectivity index (χ0n) is 19.1. The molecule has 1 saturated heterocycles. The van der Waals surface area contributed by atoms with Crippen molar-refractivity contribution >= 4 is 12.0 Å². The molecule has 0 saturated carbocycles. The molecular formula is C26H34N2O3. The van der Waals surface area contributed by atoms with Crippen LogP contribution >= 0.6 is 0 Å². The highest BCUT2D eigenvalue weighted by Gasteiger charge is 2.24. The van der Waals surface area contributed by atoms with Crippen LogP contribution in [-0.4, -0.2) is 62.7 Å². The van der Waals surface area contributed by atoms with E-state index < -0.39 is 0 Å². The lowest BCUT2D eigenvalue weighted by atomic mass is 10.1. The highest BCUT2D eigenvalue weighted by molar-refractivity contribution is 5.95. The van der Waals surface area contributed by atoms with Crippen LogP contribution in [0.2, 0.25) is 0 Å². The third-order valence-corrected chi connectivity index (χ3v) is 5.97. The van der Waals surface area contributed by atoms with Gasteiger partial charge < -0.3 is 19.3 Å². The zero-order valence-corrected chi connectivity index (χ0v) is 19.1. The number of hydrogen-bond acceptors (Lipinski definition) is 4. The van der Waals surface area contributed by atoms with Gasteiger partial charge in [0.15, 0.2) is 11.5 Å². The van der Waals surface area contributed by atoms with E-state index in [2.05, 4.69) is 37.1 Å². The van der Waals surface area contributed by atoms with E-state index in [0.717, 1.165) is 30.6 Å². The summed E-state index contributed by atoms with van der Waals surface area (Å²) in [5.41, 5.74) is 2.92. The average Bonchev–Trinajstić information content (AvgIpc) is 3.20. The van der Waals surface area contributed by atoms with Crippen molar-refractivity contribution in [1.29, 1.82) is 0 Å². The van der Waals surface area contributed by atoms with Crippen molar-refractivity contribution in [2.75, 3.05) is 40.9 Å². The fourth-order valence-electron chi connectivity index (χ4n) is 4.23. The second-order valence-corrected chi connectivity index (χ2v) is 8.26. The van der Waals surface area contributed by atoms with Gasteiger partial charge in [0.25, 0.3) is 5.91 Å². The Morgan fingerprint density at radius 3 is 2.52 bits per heavy atom. The number of carbonyl (C=O) groups is 1. The van der Waals surface area contributed by atoms with Crippen molar-refractivity contribution in [3.63, 3.8) is 0 Å². The smallest absolute Gasteiger partial charge is 0.254 e. The van der Waals surface area contributed by atoms with Gasteiger partial charge in [0.05, 0.1) is 14.2 Å². The van der Waals surface area contributed by atoms with Crippen molar-refractivity contribution in [2.45, 2.75) is 32.2 Å². The van der Waals surface area contributed by atoms with Gasteiger partial charge in [0, 0.05) is 24.7 Å². The van der Waals surface area contributed by atoms with Crippen LogP contribution in [0.4, 0.5) is 0 Å². The zero-order chi connectivity index (χ0) is 22.2. The Kier molecular flexibility index (Phi) is 8.13. The Morgan fingerprint density at radius 1 is 1.13 bits per heavy atom. The van der Waals surface area contributed by atoms with Gasteiger partial charge in [-0.2, -0.15) is 0 Å². The molecule has 1 heterocycles. The SMILES string of the molecule is COc1ccc(C(=O)N(CCC2CCCN2C)C/C(C)=C/c2ccccc2)cc1OC. The van der Waals surface area contributed by atoms with Gasteiger partial charge in [-0.1, -0.05) is 42.0 Å². The minimum absolute atomic E-state index is 0.0161. The van der Waals surface area contributed by atoms with E-state index in [1.54, 1.807) is 26.4 Å². The first-order chi connectivity index (χ1) is 15.0. The molecular weight excluding hydrogens is 388 g/mol. The van der Waals surface area contributed by atoms with Crippen molar-refractivity contribution in [1.82, 2.24) is 9.80 Å². The average molecular weight is 423 g/mol. The summed E-state index contributed by atoms with van der Waals surface area (Å²) in [4.78, 5) is 17.8. The van der Waals surface area contributed by atoms with E-state index in [0.29, 0.717) is 29.6 Å². The Labute approximate surface area is 186 Å². The quantitative estimate of drug-likeness (QED) is 0.586. The number of nitrogens with zero attached hydrogens (tertiary/aromatic N) is 2. The molecule has 0 radical (unpaired) electrons. The van der Waals surface area contributed by atoms with Crippen molar-refractivity contribution in [3.8, 4) is 11.5 Å². The van der Waals surface area contributed by atoms with E-state index in [1.807, 2.05) is 29.2 Å². The molecule has 3 rings (SSSR count). The summed E-state index contributed by atoms with van der Waals surface area (Å²) < 4.78 is 10.7. The van der Waals surface area contributed by atoms with E-state index in [9.17, 15) is 4.79 Å². The second-order valence-electron chi connectivity index (χ2n) is 8.26. The first kappa shape index (κ1) is 22.9. The van der Waals surface area contributed by atoms with Crippen LogP contribution in [0.3, 0.4) is 0 Å². The molecule has 1 amide bonds. The van der Waals surface area contributed by atoms with Crippen molar-refractivity contribution in [2.24, 2.45) is 0 Å². The van der Waals surface area contributed by atoms with Crippen LogP contribution in [0, 0.1) is 0 Å². The number of hydrogen-bond donors (Lipinski definition) is 0. The Morgan fingerprint density at radius 2 is 1.87 bits per heavy atom. The number of methoxy groups -OCH3 is 2. The summed E-state index contributed by atoms with van der Waals surface area (Å²) in [6, 6.07) is 16.2. The second kappa shape index (κ2) is 11.0. The minimum Gasteiger partial charge on any atom is -0.493 e. The maximum Gasteiger partial charge on any atom is 0.254 e. The highest BCUT2D eigenvalue weighted by atomic mass is 16.5. The molecule has 5 nitrogen and oxygen atoms in total. The predicted octanol–water partition coefficient (Wildman–Crippen LogP) is 4.73.